The molecule has 12 N–H and O–H groups in total. The normalized spacial score (nSPS) is 15.1. The third kappa shape index (κ3) is 13.5. The molecular weight excluding hydrogens is 729 g/mol. The van der Waals surface area contributed by atoms with Crippen LogP contribution in [0.3, 0.4) is 0 Å². The van der Waals surface area contributed by atoms with Gasteiger partial charge in [0.1, 0.15) is 17.3 Å². The Morgan fingerprint density at radius 2 is 1.84 bits per heavy atom. The fraction of sp³-hybridized carbons (Fsp3) is 0.528. The number of ether oxygens (including phenoxy) is 1. The SMILES string of the molecule is CCCCCNc1nc(N)nc2ccn(Cc3ccc(CN4CCN(CCN(N)/C=C(\N)CNC(=O)C(CC(=O)O)SCC(N)C(=O)O)CC4)cc3OC)c12. The zero-order valence-electron chi connectivity index (χ0n) is 31.7. The molecule has 2 unspecified atom stereocenters. The molecule has 3 aromatic rings. The molecule has 0 bridgehead atoms. The number of carbonyl (C=O) groups excluding carboxylic acids is 1. The maximum absolute atomic E-state index is 12.6. The van der Waals surface area contributed by atoms with E-state index in [1.54, 1.807) is 7.11 Å². The third-order valence-electron chi connectivity index (χ3n) is 9.18. The molecule has 19 heteroatoms. The number of unbranched alkanes of at least 4 members (excludes halogenated alkanes) is 2. The van der Waals surface area contributed by atoms with Gasteiger partial charge in [-0.15, -0.1) is 11.8 Å². The number of aliphatic carboxylic acids is 2. The molecular formula is C36H56N12O6S. The van der Waals surface area contributed by atoms with Crippen LogP contribution >= 0.6 is 11.8 Å². The molecule has 55 heavy (non-hydrogen) atoms. The van der Waals surface area contributed by atoms with Crippen molar-refractivity contribution in [1.82, 2.24) is 34.7 Å². The first kappa shape index (κ1) is 42.9. The number of hydrogen-bond acceptors (Lipinski definition) is 15. The van der Waals surface area contributed by atoms with Gasteiger partial charge in [-0.3, -0.25) is 24.2 Å². The van der Waals surface area contributed by atoms with Gasteiger partial charge in [-0.1, -0.05) is 31.9 Å². The number of amides is 1. The maximum atomic E-state index is 12.6. The Morgan fingerprint density at radius 3 is 2.53 bits per heavy atom. The lowest BCUT2D eigenvalue weighted by Crippen LogP contribution is -2.48. The second-order valence-electron chi connectivity index (χ2n) is 13.5. The molecule has 1 fully saturated rings. The predicted octanol–water partition coefficient (Wildman–Crippen LogP) is 0.871. The number of piperazine rings is 1. The zero-order valence-corrected chi connectivity index (χ0v) is 32.5. The summed E-state index contributed by atoms with van der Waals surface area (Å²) >= 11 is 0.872. The minimum absolute atomic E-state index is 0.0516. The summed E-state index contributed by atoms with van der Waals surface area (Å²) in [5.41, 5.74) is 21.8. The first-order chi connectivity index (χ1) is 26.4. The molecule has 1 amide bonds. The highest BCUT2D eigenvalue weighted by molar-refractivity contribution is 8.00. The van der Waals surface area contributed by atoms with Crippen molar-refractivity contribution in [2.24, 2.45) is 17.3 Å². The van der Waals surface area contributed by atoms with E-state index in [0.29, 0.717) is 19.6 Å². The Kier molecular flexibility index (Phi) is 16.6. The molecule has 3 heterocycles. The van der Waals surface area contributed by atoms with E-state index < -0.39 is 35.6 Å². The number of hydrazine groups is 1. The van der Waals surface area contributed by atoms with Crippen molar-refractivity contribution in [3.8, 4) is 5.75 Å². The number of fused-ring (bicyclic) bond motifs is 1. The molecule has 1 saturated heterocycles. The first-order valence-electron chi connectivity index (χ1n) is 18.4. The zero-order chi connectivity index (χ0) is 39.9. The summed E-state index contributed by atoms with van der Waals surface area (Å²) in [4.78, 5) is 48.5. The van der Waals surface area contributed by atoms with Crippen LogP contribution in [0.25, 0.3) is 11.0 Å². The highest BCUT2D eigenvalue weighted by atomic mass is 32.2. The molecule has 0 aliphatic carbocycles. The summed E-state index contributed by atoms with van der Waals surface area (Å²) < 4.78 is 7.98. The topological polar surface area (TPSA) is 269 Å². The van der Waals surface area contributed by atoms with Crippen LogP contribution in [0.5, 0.6) is 5.75 Å². The van der Waals surface area contributed by atoms with Crippen molar-refractivity contribution in [1.29, 1.82) is 0 Å². The number of carboxylic acid groups (broad SMARTS) is 2. The predicted molar refractivity (Wildman–Crippen MR) is 214 cm³/mol. The quantitative estimate of drug-likeness (QED) is 0.0377. The van der Waals surface area contributed by atoms with Crippen LogP contribution < -0.4 is 38.4 Å². The molecule has 2 atom stereocenters. The van der Waals surface area contributed by atoms with Crippen molar-refractivity contribution < 1.29 is 29.3 Å². The minimum atomic E-state index is -1.23. The molecule has 302 valence electrons. The number of methoxy groups -OCH3 is 1. The Morgan fingerprint density at radius 1 is 1.09 bits per heavy atom. The number of nitrogens with zero attached hydrogens (tertiary/aromatic N) is 6. The molecule has 2 aromatic heterocycles. The highest BCUT2D eigenvalue weighted by Gasteiger charge is 2.25. The summed E-state index contributed by atoms with van der Waals surface area (Å²) in [7, 11) is 1.69. The van der Waals surface area contributed by atoms with Crippen molar-refractivity contribution in [3.05, 3.63) is 53.5 Å². The Balaban J connectivity index is 1.23. The molecule has 0 radical (unpaired) electrons. The largest absolute Gasteiger partial charge is 0.496 e. The number of benzene rings is 1. The number of nitrogen functional groups attached to an aromatic ring is 1. The highest BCUT2D eigenvalue weighted by Crippen LogP contribution is 2.28. The molecule has 18 nitrogen and oxygen atoms in total. The second-order valence-corrected chi connectivity index (χ2v) is 14.8. The maximum Gasteiger partial charge on any atom is 0.321 e. The third-order valence-corrected chi connectivity index (χ3v) is 10.5. The number of carbonyl (C=O) groups is 3. The number of carboxylic acids is 2. The molecule has 1 aliphatic heterocycles. The summed E-state index contributed by atoms with van der Waals surface area (Å²) in [6.45, 7) is 9.06. The van der Waals surface area contributed by atoms with E-state index in [-0.39, 0.29) is 23.9 Å². The summed E-state index contributed by atoms with van der Waals surface area (Å²) in [6.07, 6.45) is 6.38. The van der Waals surface area contributed by atoms with Crippen LogP contribution in [-0.4, -0.2) is 134 Å². The van der Waals surface area contributed by atoms with E-state index in [2.05, 4.69) is 60.1 Å². The van der Waals surface area contributed by atoms with Crippen LogP contribution in [0, 0.1) is 0 Å². The molecule has 1 aliphatic rings. The average Bonchev–Trinajstić information content (AvgIpc) is 3.55. The van der Waals surface area contributed by atoms with E-state index in [9.17, 15) is 14.4 Å². The molecule has 0 spiro atoms. The Bertz CT molecular complexity index is 1770. The molecule has 1 aromatic carbocycles. The lowest BCUT2D eigenvalue weighted by Gasteiger charge is -2.35. The summed E-state index contributed by atoms with van der Waals surface area (Å²) in [5.74, 6) is 4.85. The van der Waals surface area contributed by atoms with Gasteiger partial charge in [0, 0.05) is 81.8 Å². The number of aromatic nitrogens is 3. The average molecular weight is 785 g/mol. The van der Waals surface area contributed by atoms with Gasteiger partial charge in [-0.2, -0.15) is 4.98 Å². The van der Waals surface area contributed by atoms with Gasteiger partial charge >= 0.3 is 11.9 Å². The lowest BCUT2D eigenvalue weighted by atomic mass is 10.1. The Hall–Kier alpha value is -4.82. The van der Waals surface area contributed by atoms with E-state index >= 15 is 0 Å². The van der Waals surface area contributed by atoms with E-state index in [0.717, 1.165) is 98.5 Å². The summed E-state index contributed by atoms with van der Waals surface area (Å²) in [6, 6.07) is 7.12. The van der Waals surface area contributed by atoms with Crippen LogP contribution in [0.15, 0.2) is 42.4 Å². The first-order valence-corrected chi connectivity index (χ1v) is 19.4. The number of hydrogen-bond donors (Lipinski definition) is 8. The van der Waals surface area contributed by atoms with Gasteiger partial charge in [0.15, 0.2) is 5.82 Å². The van der Waals surface area contributed by atoms with E-state index in [4.69, 9.17) is 38.0 Å². The van der Waals surface area contributed by atoms with E-state index in [1.807, 2.05) is 12.3 Å². The van der Waals surface area contributed by atoms with Gasteiger partial charge in [-0.05, 0) is 24.1 Å². The smallest absolute Gasteiger partial charge is 0.321 e. The van der Waals surface area contributed by atoms with E-state index in [1.165, 1.54) is 16.8 Å². The monoisotopic (exact) mass is 784 g/mol. The number of rotatable bonds is 23. The van der Waals surface area contributed by atoms with Crippen LogP contribution in [0.2, 0.25) is 0 Å². The van der Waals surface area contributed by atoms with Crippen molar-refractivity contribution in [2.45, 2.75) is 57.0 Å². The van der Waals surface area contributed by atoms with Gasteiger partial charge in [0.25, 0.3) is 0 Å². The minimum Gasteiger partial charge on any atom is -0.496 e. The fourth-order valence-electron chi connectivity index (χ4n) is 6.15. The molecule has 4 rings (SSSR count). The number of nitrogens with one attached hydrogen (secondary N) is 2. The van der Waals surface area contributed by atoms with Crippen molar-refractivity contribution in [2.75, 3.05) is 76.3 Å². The van der Waals surface area contributed by atoms with Gasteiger partial charge in [0.05, 0.1) is 37.4 Å². The van der Waals surface area contributed by atoms with Gasteiger partial charge in [-0.25, -0.2) is 10.8 Å². The second kappa shape index (κ2) is 21.3. The van der Waals surface area contributed by atoms with Crippen LogP contribution in [-0.2, 0) is 27.5 Å². The van der Waals surface area contributed by atoms with Crippen LogP contribution in [0.1, 0.15) is 43.7 Å². The molecule has 0 saturated carbocycles. The van der Waals surface area contributed by atoms with Crippen molar-refractivity contribution >= 4 is 52.4 Å². The van der Waals surface area contributed by atoms with Gasteiger partial charge in [0.2, 0.25) is 11.9 Å². The van der Waals surface area contributed by atoms with Crippen LogP contribution in [0.4, 0.5) is 11.8 Å². The number of thioether (sulfide) groups is 1. The summed E-state index contributed by atoms with van der Waals surface area (Å²) in [5, 5.41) is 24.6. The standard InChI is InChI=1S/C36H56N12O6S/c1-3-4-5-9-41-33-32-28(43-36(39)44-33)8-10-47(32)21-25-7-6-24(17-29(25)54-2)20-46-13-11-45(12-14-46)15-16-48(40)22-26(37)19-42-34(51)30(18-31(49)50)55-23-27(38)35(52)53/h6-8,10,17,22,27,30H,3-5,9,11-16,18-21,23,37-38,40H2,1-2H3,(H,42,51)(H,49,50)(H,52,53)(H3,39,41,43,44)/b26-22-. The number of nitrogens with two attached hydrogens (primary N) is 4. The number of anilines is 2. The van der Waals surface area contributed by atoms with Gasteiger partial charge < -0.3 is 52.4 Å². The lowest BCUT2D eigenvalue weighted by molar-refractivity contribution is -0.138. The Labute approximate surface area is 325 Å². The van der Waals surface area contributed by atoms with Crippen molar-refractivity contribution in [3.63, 3.8) is 0 Å². The fourth-order valence-corrected chi connectivity index (χ4v) is 7.23.